The van der Waals surface area contributed by atoms with Crippen LogP contribution < -0.4 is 5.32 Å². The lowest BCUT2D eigenvalue weighted by atomic mass is 9.99. The molecule has 0 spiro atoms. The molecule has 2 fully saturated rings. The van der Waals surface area contributed by atoms with Crippen molar-refractivity contribution in [2.24, 2.45) is 0 Å². The quantitative estimate of drug-likeness (QED) is 0.819. The molecule has 0 unspecified atom stereocenters. The lowest BCUT2D eigenvalue weighted by Crippen LogP contribution is -2.58. The van der Waals surface area contributed by atoms with Crippen molar-refractivity contribution in [3.63, 3.8) is 0 Å². The third kappa shape index (κ3) is 5.56. The Balaban J connectivity index is 2.07. The molecule has 0 radical (unpaired) electrons. The summed E-state index contributed by atoms with van der Waals surface area (Å²) >= 11 is 0. The van der Waals surface area contributed by atoms with Crippen molar-refractivity contribution in [2.75, 3.05) is 19.6 Å². The van der Waals surface area contributed by atoms with E-state index in [4.69, 9.17) is 4.74 Å². The van der Waals surface area contributed by atoms with Gasteiger partial charge >= 0.3 is 6.09 Å². The molecule has 2 aliphatic heterocycles. The Morgan fingerprint density at radius 1 is 1.08 bits per heavy atom. The summed E-state index contributed by atoms with van der Waals surface area (Å²) < 4.78 is 34.7. The first kappa shape index (κ1) is 20.5. The lowest BCUT2D eigenvalue weighted by Gasteiger charge is -2.41. The molecule has 146 valence electrons. The highest BCUT2D eigenvalue weighted by Crippen LogP contribution is 2.26. The Morgan fingerprint density at radius 3 is 2.28 bits per heavy atom. The molecule has 2 atom stereocenters. The highest BCUT2D eigenvalue weighted by molar-refractivity contribution is 7.86. The summed E-state index contributed by atoms with van der Waals surface area (Å²) in [5, 5.41) is 2.83. The normalized spacial score (nSPS) is 25.4. The molecule has 2 saturated heterocycles. The monoisotopic (exact) mass is 375 g/mol. The number of hydrogen-bond acceptors (Lipinski definition) is 4. The number of carbonyl (C=O) groups is 1. The van der Waals surface area contributed by atoms with Crippen molar-refractivity contribution < 1.29 is 17.9 Å². The van der Waals surface area contributed by atoms with Crippen LogP contribution >= 0.6 is 0 Å². The van der Waals surface area contributed by atoms with Crippen molar-refractivity contribution in [3.8, 4) is 0 Å². The average Bonchev–Trinajstić information content (AvgIpc) is 2.53. The Bertz CT molecular complexity index is 553. The van der Waals surface area contributed by atoms with Gasteiger partial charge < -0.3 is 10.1 Å². The van der Waals surface area contributed by atoms with Crippen molar-refractivity contribution in [2.45, 2.75) is 83.9 Å². The fraction of sp³-hybridized carbons (Fsp3) is 0.941. The molecular formula is C17H33N3O4S. The predicted molar refractivity (Wildman–Crippen MR) is 97.5 cm³/mol. The van der Waals surface area contributed by atoms with E-state index in [1.807, 2.05) is 27.7 Å². The maximum Gasteiger partial charge on any atom is 0.407 e. The number of nitrogens with zero attached hydrogens (tertiary/aromatic N) is 2. The fourth-order valence-electron chi connectivity index (χ4n) is 3.55. The van der Waals surface area contributed by atoms with Crippen LogP contribution in [0.2, 0.25) is 0 Å². The van der Waals surface area contributed by atoms with Gasteiger partial charge in [0.1, 0.15) is 5.60 Å². The molecule has 0 aromatic heterocycles. The molecule has 25 heavy (non-hydrogen) atoms. The van der Waals surface area contributed by atoms with Gasteiger partial charge in [0.25, 0.3) is 10.2 Å². The van der Waals surface area contributed by atoms with Gasteiger partial charge in [-0.1, -0.05) is 12.8 Å². The zero-order chi connectivity index (χ0) is 18.7. The van der Waals surface area contributed by atoms with E-state index < -0.39 is 21.9 Å². The summed E-state index contributed by atoms with van der Waals surface area (Å²) in [6, 6.07) is -0.525. The highest BCUT2D eigenvalue weighted by atomic mass is 32.2. The minimum absolute atomic E-state index is 0.229. The molecule has 1 N–H and O–H groups in total. The van der Waals surface area contributed by atoms with Crippen LogP contribution in [0.15, 0.2) is 0 Å². The van der Waals surface area contributed by atoms with E-state index in [-0.39, 0.29) is 12.1 Å². The largest absolute Gasteiger partial charge is 0.444 e. The topological polar surface area (TPSA) is 79.0 Å². The number of carbonyl (C=O) groups excluding carboxylic acids is 1. The smallest absolute Gasteiger partial charge is 0.407 e. The van der Waals surface area contributed by atoms with Gasteiger partial charge in [-0.15, -0.1) is 0 Å². The van der Waals surface area contributed by atoms with Crippen LogP contribution in [0.25, 0.3) is 0 Å². The maximum absolute atomic E-state index is 13.1. The zero-order valence-corrected chi connectivity index (χ0v) is 16.8. The summed E-state index contributed by atoms with van der Waals surface area (Å²) in [4.78, 5) is 12.1. The van der Waals surface area contributed by atoms with Gasteiger partial charge in [0, 0.05) is 31.7 Å². The predicted octanol–water partition coefficient (Wildman–Crippen LogP) is 2.48. The molecule has 8 heteroatoms. The molecule has 0 bridgehead atoms. The number of alkyl carbamates (subject to hydrolysis) is 1. The first-order chi connectivity index (χ1) is 11.6. The average molecular weight is 376 g/mol. The van der Waals surface area contributed by atoms with Crippen LogP contribution in [0.1, 0.15) is 66.2 Å². The van der Waals surface area contributed by atoms with Gasteiger partial charge in [-0.3, -0.25) is 0 Å². The van der Waals surface area contributed by atoms with E-state index >= 15 is 0 Å². The SMILES string of the molecule is C[C@H](NC(=O)OC(C)(C)C)[C@H]1CCCCN1S(=O)(=O)N1CCCCC1. The first-order valence-electron chi connectivity index (χ1n) is 9.38. The molecule has 1 amide bonds. The van der Waals surface area contributed by atoms with E-state index in [0.717, 1.165) is 38.5 Å². The van der Waals surface area contributed by atoms with Gasteiger partial charge in [0.05, 0.1) is 0 Å². The van der Waals surface area contributed by atoms with Crippen LogP contribution in [0, 0.1) is 0 Å². The Hall–Kier alpha value is -0.860. The summed E-state index contributed by atoms with van der Waals surface area (Å²) in [6.07, 6.45) is 5.02. The first-order valence-corrected chi connectivity index (χ1v) is 10.8. The molecule has 2 heterocycles. The van der Waals surface area contributed by atoms with Crippen molar-refractivity contribution in [1.82, 2.24) is 13.9 Å². The molecule has 0 saturated carbocycles. The number of hydrogen-bond donors (Lipinski definition) is 1. The second kappa shape index (κ2) is 8.22. The minimum atomic E-state index is -3.48. The van der Waals surface area contributed by atoms with Crippen LogP contribution in [0.4, 0.5) is 4.79 Å². The zero-order valence-electron chi connectivity index (χ0n) is 16.0. The van der Waals surface area contributed by atoms with Crippen molar-refractivity contribution >= 4 is 16.3 Å². The Labute approximate surface area is 152 Å². The fourth-order valence-corrected chi connectivity index (χ4v) is 5.56. The summed E-state index contributed by atoms with van der Waals surface area (Å²) in [5.41, 5.74) is -0.573. The van der Waals surface area contributed by atoms with Gasteiger partial charge in [-0.05, 0) is 53.4 Å². The van der Waals surface area contributed by atoms with Crippen LogP contribution in [-0.2, 0) is 14.9 Å². The van der Waals surface area contributed by atoms with E-state index in [1.165, 1.54) is 0 Å². The molecule has 0 aromatic rings. The third-order valence-corrected chi connectivity index (χ3v) is 6.82. The molecule has 0 aromatic carbocycles. The Kier molecular flexibility index (Phi) is 6.73. The molecular weight excluding hydrogens is 342 g/mol. The molecule has 2 rings (SSSR count). The summed E-state index contributed by atoms with van der Waals surface area (Å²) in [7, 11) is -3.48. The Morgan fingerprint density at radius 2 is 1.68 bits per heavy atom. The lowest BCUT2D eigenvalue weighted by molar-refractivity contribution is 0.0476. The van der Waals surface area contributed by atoms with Gasteiger partial charge in [0.2, 0.25) is 0 Å². The maximum atomic E-state index is 13.1. The summed E-state index contributed by atoms with van der Waals surface area (Å²) in [6.45, 7) is 9.00. The van der Waals surface area contributed by atoms with Gasteiger partial charge in [0.15, 0.2) is 0 Å². The van der Waals surface area contributed by atoms with Crippen LogP contribution in [0.5, 0.6) is 0 Å². The van der Waals surface area contributed by atoms with Gasteiger partial charge in [-0.2, -0.15) is 17.0 Å². The second-order valence-corrected chi connectivity index (χ2v) is 9.96. The number of amides is 1. The number of rotatable bonds is 4. The standard InChI is InChI=1S/C17H33N3O4S/c1-14(18-16(21)24-17(2,3)4)15-10-6-9-13-20(15)25(22,23)19-11-7-5-8-12-19/h14-15H,5-13H2,1-4H3,(H,18,21)/t14-,15+/m0/s1. The molecule has 0 aliphatic carbocycles. The van der Waals surface area contributed by atoms with Crippen LogP contribution in [-0.4, -0.2) is 60.4 Å². The third-order valence-electron chi connectivity index (χ3n) is 4.76. The van der Waals surface area contributed by atoms with E-state index in [0.29, 0.717) is 19.6 Å². The van der Waals surface area contributed by atoms with E-state index in [9.17, 15) is 13.2 Å². The minimum Gasteiger partial charge on any atom is -0.444 e. The molecule has 7 nitrogen and oxygen atoms in total. The number of nitrogens with one attached hydrogen (secondary N) is 1. The number of ether oxygens (including phenoxy) is 1. The van der Waals surface area contributed by atoms with E-state index in [2.05, 4.69) is 5.32 Å². The summed E-state index contributed by atoms with van der Waals surface area (Å²) in [5.74, 6) is 0. The van der Waals surface area contributed by atoms with Crippen LogP contribution in [0.3, 0.4) is 0 Å². The molecule has 2 aliphatic rings. The second-order valence-electron chi connectivity index (χ2n) is 8.08. The van der Waals surface area contributed by atoms with Gasteiger partial charge in [-0.25, -0.2) is 4.79 Å². The van der Waals surface area contributed by atoms with Crippen molar-refractivity contribution in [1.29, 1.82) is 0 Å². The highest BCUT2D eigenvalue weighted by Gasteiger charge is 2.39. The number of piperidine rings is 2. The van der Waals surface area contributed by atoms with Crippen molar-refractivity contribution in [3.05, 3.63) is 0 Å². The van der Waals surface area contributed by atoms with E-state index in [1.54, 1.807) is 8.61 Å².